The van der Waals surface area contributed by atoms with E-state index in [0.29, 0.717) is 15.8 Å². The van der Waals surface area contributed by atoms with Crippen molar-refractivity contribution in [2.24, 2.45) is 0 Å². The Morgan fingerprint density at radius 3 is 3.00 bits per heavy atom. The van der Waals surface area contributed by atoms with Gasteiger partial charge in [-0.1, -0.05) is 11.6 Å². The SMILES string of the molecule is Cc1cc(Nc2s[nH]c(=O)c2C#N)cc(Cl)n1. The van der Waals surface area contributed by atoms with E-state index in [1.54, 1.807) is 12.1 Å². The predicted molar refractivity (Wildman–Crippen MR) is 66.9 cm³/mol. The van der Waals surface area contributed by atoms with Crippen molar-refractivity contribution in [3.05, 3.63) is 38.9 Å². The average molecular weight is 267 g/mol. The van der Waals surface area contributed by atoms with E-state index < -0.39 is 5.56 Å². The minimum absolute atomic E-state index is 0.0700. The molecule has 2 aromatic heterocycles. The smallest absolute Gasteiger partial charge is 0.278 e. The average Bonchev–Trinajstić information content (AvgIpc) is 2.57. The van der Waals surface area contributed by atoms with Crippen LogP contribution in [0.3, 0.4) is 0 Å². The minimum Gasteiger partial charge on any atom is -0.345 e. The largest absolute Gasteiger partial charge is 0.345 e. The summed E-state index contributed by atoms with van der Waals surface area (Å²) in [4.78, 5) is 15.3. The van der Waals surface area contributed by atoms with Gasteiger partial charge in [0.15, 0.2) is 5.56 Å². The van der Waals surface area contributed by atoms with Crippen LogP contribution in [0.1, 0.15) is 11.3 Å². The summed E-state index contributed by atoms with van der Waals surface area (Å²) in [6.07, 6.45) is 0. The Hall–Kier alpha value is -1.84. The number of aryl methyl sites for hydroxylation is 1. The first-order chi connectivity index (χ1) is 8.10. The molecule has 0 aliphatic rings. The van der Waals surface area contributed by atoms with Crippen molar-refractivity contribution in [1.82, 2.24) is 9.36 Å². The highest BCUT2D eigenvalue weighted by molar-refractivity contribution is 7.10. The molecule has 0 fully saturated rings. The summed E-state index contributed by atoms with van der Waals surface area (Å²) in [7, 11) is 0. The lowest BCUT2D eigenvalue weighted by molar-refractivity contribution is 1.20. The van der Waals surface area contributed by atoms with Crippen LogP contribution in [0.15, 0.2) is 16.9 Å². The molecule has 5 nitrogen and oxygen atoms in total. The third kappa shape index (κ3) is 2.46. The lowest BCUT2D eigenvalue weighted by atomic mass is 10.3. The molecule has 0 aromatic carbocycles. The highest BCUT2D eigenvalue weighted by atomic mass is 35.5. The molecular weight excluding hydrogens is 260 g/mol. The van der Waals surface area contributed by atoms with Crippen LogP contribution in [0.2, 0.25) is 5.15 Å². The molecule has 2 N–H and O–H groups in total. The van der Waals surface area contributed by atoms with Gasteiger partial charge in [-0.3, -0.25) is 9.17 Å². The molecule has 0 saturated carbocycles. The van der Waals surface area contributed by atoms with Gasteiger partial charge in [0.2, 0.25) is 0 Å². The first-order valence-corrected chi connectivity index (χ1v) is 5.82. The summed E-state index contributed by atoms with van der Waals surface area (Å²) in [5.74, 6) is 0. The summed E-state index contributed by atoms with van der Waals surface area (Å²) in [6.45, 7) is 1.81. The number of aromatic nitrogens is 2. The van der Waals surface area contributed by atoms with Gasteiger partial charge >= 0.3 is 0 Å². The van der Waals surface area contributed by atoms with Crippen LogP contribution in [0, 0.1) is 18.3 Å². The van der Waals surface area contributed by atoms with Crippen molar-refractivity contribution in [2.75, 3.05) is 5.32 Å². The van der Waals surface area contributed by atoms with E-state index in [1.807, 2.05) is 13.0 Å². The van der Waals surface area contributed by atoms with Gasteiger partial charge in [0, 0.05) is 11.4 Å². The number of aromatic amines is 1. The van der Waals surface area contributed by atoms with Gasteiger partial charge in [0.1, 0.15) is 16.2 Å². The van der Waals surface area contributed by atoms with Gasteiger partial charge in [-0.2, -0.15) is 5.26 Å². The molecule has 2 rings (SSSR count). The van der Waals surface area contributed by atoms with Gasteiger partial charge in [-0.05, 0) is 30.6 Å². The molecule has 0 aliphatic carbocycles. The standard InChI is InChI=1S/C10H7ClN4OS/c1-5-2-6(3-8(11)13-5)14-10-7(4-12)9(16)15-17-10/h2-3H,1H3,(H,13,14)(H,15,16). The number of rotatable bonds is 2. The first kappa shape index (κ1) is 11.6. The second kappa shape index (κ2) is 4.57. The Bertz CT molecular complexity index is 635. The van der Waals surface area contributed by atoms with Crippen molar-refractivity contribution in [3.8, 4) is 6.07 Å². The van der Waals surface area contributed by atoms with E-state index in [4.69, 9.17) is 16.9 Å². The Labute approximate surface area is 106 Å². The Morgan fingerprint density at radius 1 is 1.59 bits per heavy atom. The number of nitriles is 1. The number of nitrogens with one attached hydrogen (secondary N) is 2. The second-order valence-electron chi connectivity index (χ2n) is 3.29. The van der Waals surface area contributed by atoms with Crippen molar-refractivity contribution in [3.63, 3.8) is 0 Å². The number of hydrogen-bond donors (Lipinski definition) is 2. The monoisotopic (exact) mass is 266 g/mol. The summed E-state index contributed by atoms with van der Waals surface area (Å²) < 4.78 is 2.49. The number of nitrogens with zero attached hydrogens (tertiary/aromatic N) is 2. The molecule has 0 spiro atoms. The maximum atomic E-state index is 11.2. The predicted octanol–water partition coefficient (Wildman–Crippen LogP) is 2.41. The molecule has 0 amide bonds. The molecule has 86 valence electrons. The van der Waals surface area contributed by atoms with E-state index in [9.17, 15) is 4.79 Å². The Kier molecular flexibility index (Phi) is 3.13. The molecule has 0 radical (unpaired) electrons. The van der Waals surface area contributed by atoms with E-state index in [-0.39, 0.29) is 5.56 Å². The Morgan fingerprint density at radius 2 is 2.35 bits per heavy atom. The zero-order valence-electron chi connectivity index (χ0n) is 8.74. The molecule has 17 heavy (non-hydrogen) atoms. The lowest BCUT2D eigenvalue weighted by Gasteiger charge is -2.04. The van der Waals surface area contributed by atoms with E-state index in [1.165, 1.54) is 0 Å². The van der Waals surface area contributed by atoms with Crippen molar-refractivity contribution in [2.45, 2.75) is 6.92 Å². The second-order valence-corrected chi connectivity index (χ2v) is 4.50. The summed E-state index contributed by atoms with van der Waals surface area (Å²) >= 11 is 6.89. The first-order valence-electron chi connectivity index (χ1n) is 4.63. The van der Waals surface area contributed by atoms with Crippen molar-refractivity contribution >= 4 is 33.8 Å². The molecular formula is C10H7ClN4OS. The molecule has 0 unspecified atom stereocenters. The highest BCUT2D eigenvalue weighted by Gasteiger charge is 2.10. The Balaban J connectivity index is 2.38. The maximum Gasteiger partial charge on any atom is 0.278 e. The fourth-order valence-corrected chi connectivity index (χ4v) is 2.28. The maximum absolute atomic E-state index is 11.2. The number of pyridine rings is 1. The van der Waals surface area contributed by atoms with Crippen molar-refractivity contribution in [1.29, 1.82) is 5.26 Å². The number of hydrogen-bond acceptors (Lipinski definition) is 5. The third-order valence-corrected chi connectivity index (χ3v) is 2.98. The molecule has 0 atom stereocenters. The fraction of sp³-hybridized carbons (Fsp3) is 0.100. The molecule has 2 aromatic rings. The number of H-pyrrole nitrogens is 1. The van der Waals surface area contributed by atoms with Crippen LogP contribution in [-0.4, -0.2) is 9.36 Å². The highest BCUT2D eigenvalue weighted by Crippen LogP contribution is 2.23. The van der Waals surface area contributed by atoms with Crippen LogP contribution in [0.25, 0.3) is 0 Å². The van der Waals surface area contributed by atoms with Gasteiger partial charge in [-0.25, -0.2) is 4.98 Å². The molecule has 2 heterocycles. The quantitative estimate of drug-likeness (QED) is 0.818. The van der Waals surface area contributed by atoms with E-state index in [0.717, 1.165) is 17.2 Å². The molecule has 7 heteroatoms. The zero-order chi connectivity index (χ0) is 12.4. The zero-order valence-corrected chi connectivity index (χ0v) is 10.3. The lowest BCUT2D eigenvalue weighted by Crippen LogP contribution is -2.02. The van der Waals surface area contributed by atoms with Crippen LogP contribution >= 0.6 is 23.1 Å². The molecule has 0 bridgehead atoms. The molecule has 0 aliphatic heterocycles. The topological polar surface area (TPSA) is 81.6 Å². The van der Waals surface area contributed by atoms with Crippen LogP contribution in [-0.2, 0) is 0 Å². The van der Waals surface area contributed by atoms with Gasteiger partial charge in [-0.15, -0.1) is 0 Å². The normalized spacial score (nSPS) is 9.94. The van der Waals surface area contributed by atoms with Crippen molar-refractivity contribution < 1.29 is 0 Å². The van der Waals surface area contributed by atoms with Gasteiger partial charge < -0.3 is 5.32 Å². The number of halogens is 1. The van der Waals surface area contributed by atoms with E-state index in [2.05, 4.69) is 14.7 Å². The summed E-state index contributed by atoms with van der Waals surface area (Å²) in [5, 5.41) is 12.6. The van der Waals surface area contributed by atoms with Gasteiger partial charge in [0.05, 0.1) is 0 Å². The molecule has 0 saturated heterocycles. The summed E-state index contributed by atoms with van der Waals surface area (Å²) in [6, 6.07) is 5.25. The third-order valence-electron chi connectivity index (χ3n) is 1.99. The fourth-order valence-electron chi connectivity index (χ4n) is 1.32. The van der Waals surface area contributed by atoms with Crippen LogP contribution in [0.5, 0.6) is 0 Å². The number of anilines is 2. The minimum atomic E-state index is -0.392. The van der Waals surface area contributed by atoms with E-state index >= 15 is 0 Å². The van der Waals surface area contributed by atoms with Crippen LogP contribution < -0.4 is 10.9 Å². The van der Waals surface area contributed by atoms with Gasteiger partial charge in [0.25, 0.3) is 5.56 Å². The van der Waals surface area contributed by atoms with Crippen LogP contribution in [0.4, 0.5) is 10.7 Å². The summed E-state index contributed by atoms with van der Waals surface area (Å²) in [5.41, 5.74) is 1.12.